The van der Waals surface area contributed by atoms with Crippen LogP contribution in [0.2, 0.25) is 0 Å². The van der Waals surface area contributed by atoms with Crippen LogP contribution >= 0.6 is 12.4 Å². The van der Waals surface area contributed by atoms with Gasteiger partial charge in [-0.05, 0) is 20.8 Å². The van der Waals surface area contributed by atoms with Gasteiger partial charge in [0.2, 0.25) is 0 Å². The van der Waals surface area contributed by atoms with Crippen LogP contribution in [-0.4, -0.2) is 35.2 Å². The number of hydrogen-bond acceptors (Lipinski definition) is 4. The van der Waals surface area contributed by atoms with Gasteiger partial charge in [0, 0.05) is 36.8 Å². The lowest BCUT2D eigenvalue weighted by atomic mass is 10.1. The second kappa shape index (κ2) is 7.27. The number of piperazine rings is 1. The number of rotatable bonds is 3. The highest BCUT2D eigenvalue weighted by molar-refractivity contribution is 5.85. The summed E-state index contributed by atoms with van der Waals surface area (Å²) in [5, 5.41) is 7.75. The normalized spacial score (nSPS) is 22.3. The average molecular weight is 322 g/mol. The van der Waals surface area contributed by atoms with Crippen LogP contribution in [0.3, 0.4) is 0 Å². The summed E-state index contributed by atoms with van der Waals surface area (Å²) in [5.74, 6) is 0.937. The van der Waals surface area contributed by atoms with E-state index in [4.69, 9.17) is 4.52 Å². The largest absolute Gasteiger partial charge is 0.359 e. The third-order valence-corrected chi connectivity index (χ3v) is 3.92. The number of halogens is 1. The third-order valence-electron chi connectivity index (χ3n) is 3.92. The van der Waals surface area contributed by atoms with Gasteiger partial charge in [0.25, 0.3) is 0 Å². The molecular formula is C17H24ClN3O. The Morgan fingerprint density at radius 3 is 2.45 bits per heavy atom. The molecule has 0 amide bonds. The van der Waals surface area contributed by atoms with Crippen LogP contribution in [0, 0.1) is 6.92 Å². The molecule has 1 fully saturated rings. The number of nitrogens with one attached hydrogen (secondary N) is 1. The van der Waals surface area contributed by atoms with Crippen molar-refractivity contribution in [2.45, 2.75) is 39.4 Å². The molecule has 1 aliphatic rings. The Balaban J connectivity index is 0.00000176. The molecular weight excluding hydrogens is 298 g/mol. The molecule has 1 aliphatic heterocycles. The first-order valence-corrected chi connectivity index (χ1v) is 7.61. The Labute approximate surface area is 138 Å². The fourth-order valence-corrected chi connectivity index (χ4v) is 3.04. The minimum absolute atomic E-state index is 0. The van der Waals surface area contributed by atoms with Gasteiger partial charge in [0.15, 0.2) is 5.76 Å². The number of hydrogen-bond donors (Lipinski definition) is 1. The van der Waals surface area contributed by atoms with Gasteiger partial charge in [-0.3, -0.25) is 4.90 Å². The zero-order chi connectivity index (χ0) is 14.8. The van der Waals surface area contributed by atoms with E-state index in [-0.39, 0.29) is 12.4 Å². The zero-order valence-electron chi connectivity index (χ0n) is 13.4. The van der Waals surface area contributed by atoms with Crippen LogP contribution < -0.4 is 5.32 Å². The smallest absolute Gasteiger partial charge is 0.151 e. The van der Waals surface area contributed by atoms with Crippen molar-refractivity contribution in [1.29, 1.82) is 0 Å². The number of aromatic nitrogens is 1. The standard InChI is InChI=1S/C17H23N3O.ClH/c1-12-4-6-15(7-5-12)17-8-16(21-19-17)11-20-9-13(2)18-14(3)10-20;/h4-8,13-14,18H,9-11H2,1-3H3;1H. The second-order valence-corrected chi connectivity index (χ2v) is 6.21. The summed E-state index contributed by atoms with van der Waals surface area (Å²) in [6.45, 7) is 9.46. The molecule has 2 aromatic rings. The van der Waals surface area contributed by atoms with E-state index in [0.717, 1.165) is 36.7 Å². The Kier molecular flexibility index (Phi) is 5.62. The SMILES string of the molecule is Cc1ccc(-c2cc(CN3CC(C)NC(C)C3)on2)cc1.Cl. The Morgan fingerprint density at radius 1 is 1.18 bits per heavy atom. The van der Waals surface area contributed by atoms with Crippen molar-refractivity contribution < 1.29 is 4.52 Å². The molecule has 1 saturated heterocycles. The van der Waals surface area contributed by atoms with Crippen LogP contribution in [0.25, 0.3) is 11.3 Å². The Bertz CT molecular complexity index is 586. The maximum Gasteiger partial charge on any atom is 0.151 e. The maximum absolute atomic E-state index is 5.51. The minimum Gasteiger partial charge on any atom is -0.359 e. The highest BCUT2D eigenvalue weighted by Crippen LogP contribution is 2.21. The van der Waals surface area contributed by atoms with Gasteiger partial charge in [-0.15, -0.1) is 12.4 Å². The summed E-state index contributed by atoms with van der Waals surface area (Å²) < 4.78 is 5.51. The van der Waals surface area contributed by atoms with Gasteiger partial charge in [-0.25, -0.2) is 0 Å². The molecule has 22 heavy (non-hydrogen) atoms. The van der Waals surface area contributed by atoms with Gasteiger partial charge in [-0.1, -0.05) is 35.0 Å². The molecule has 120 valence electrons. The molecule has 0 bridgehead atoms. The zero-order valence-corrected chi connectivity index (χ0v) is 14.2. The molecule has 3 rings (SSSR count). The first-order chi connectivity index (χ1) is 10.1. The van der Waals surface area contributed by atoms with Crippen LogP contribution in [-0.2, 0) is 6.54 Å². The van der Waals surface area contributed by atoms with Gasteiger partial charge < -0.3 is 9.84 Å². The summed E-state index contributed by atoms with van der Waals surface area (Å²) in [6, 6.07) is 11.5. The molecule has 2 atom stereocenters. The van der Waals surface area contributed by atoms with E-state index in [1.54, 1.807) is 0 Å². The molecule has 1 N–H and O–H groups in total. The molecule has 4 nitrogen and oxygen atoms in total. The van der Waals surface area contributed by atoms with E-state index >= 15 is 0 Å². The molecule has 0 radical (unpaired) electrons. The van der Waals surface area contributed by atoms with Crippen LogP contribution in [0.15, 0.2) is 34.9 Å². The van der Waals surface area contributed by atoms with Crippen molar-refractivity contribution in [1.82, 2.24) is 15.4 Å². The lowest BCUT2D eigenvalue weighted by Crippen LogP contribution is -2.53. The van der Waals surface area contributed by atoms with Gasteiger partial charge in [0.05, 0.1) is 6.54 Å². The predicted molar refractivity (Wildman–Crippen MR) is 91.3 cm³/mol. The first kappa shape index (κ1) is 17.0. The Hall–Kier alpha value is -1.36. The van der Waals surface area contributed by atoms with Gasteiger partial charge in [-0.2, -0.15) is 0 Å². The second-order valence-electron chi connectivity index (χ2n) is 6.21. The fourth-order valence-electron chi connectivity index (χ4n) is 3.04. The Morgan fingerprint density at radius 2 is 1.82 bits per heavy atom. The number of aryl methyl sites for hydroxylation is 1. The van der Waals surface area contributed by atoms with Crippen molar-refractivity contribution in [3.05, 3.63) is 41.7 Å². The van der Waals surface area contributed by atoms with Crippen molar-refractivity contribution >= 4 is 12.4 Å². The van der Waals surface area contributed by atoms with Gasteiger partial charge in [0.1, 0.15) is 5.69 Å². The predicted octanol–water partition coefficient (Wildman–Crippen LogP) is 3.25. The van der Waals surface area contributed by atoms with Crippen LogP contribution in [0.4, 0.5) is 0 Å². The summed E-state index contributed by atoms with van der Waals surface area (Å²) >= 11 is 0. The molecule has 1 aromatic heterocycles. The van der Waals surface area contributed by atoms with Crippen LogP contribution in [0.1, 0.15) is 25.2 Å². The minimum atomic E-state index is 0. The molecule has 0 aliphatic carbocycles. The lowest BCUT2D eigenvalue weighted by Gasteiger charge is -2.35. The van der Waals surface area contributed by atoms with E-state index in [1.807, 2.05) is 0 Å². The summed E-state index contributed by atoms with van der Waals surface area (Å²) in [7, 11) is 0. The molecule has 2 heterocycles. The van der Waals surface area contributed by atoms with Crippen molar-refractivity contribution in [2.75, 3.05) is 13.1 Å². The molecule has 0 spiro atoms. The molecule has 0 saturated carbocycles. The molecule has 1 aromatic carbocycles. The lowest BCUT2D eigenvalue weighted by molar-refractivity contribution is 0.152. The third kappa shape index (κ3) is 4.09. The van der Waals surface area contributed by atoms with Crippen molar-refractivity contribution in [2.24, 2.45) is 0 Å². The topological polar surface area (TPSA) is 41.3 Å². The maximum atomic E-state index is 5.51. The van der Waals surface area contributed by atoms with Crippen LogP contribution in [0.5, 0.6) is 0 Å². The fraction of sp³-hybridized carbons (Fsp3) is 0.471. The summed E-state index contributed by atoms with van der Waals surface area (Å²) in [5.41, 5.74) is 3.28. The quantitative estimate of drug-likeness (QED) is 0.942. The first-order valence-electron chi connectivity index (χ1n) is 7.61. The summed E-state index contributed by atoms with van der Waals surface area (Å²) in [4.78, 5) is 2.42. The monoisotopic (exact) mass is 321 g/mol. The van der Waals surface area contributed by atoms with E-state index in [2.05, 4.69) is 66.5 Å². The van der Waals surface area contributed by atoms with E-state index in [1.165, 1.54) is 5.56 Å². The number of benzene rings is 1. The molecule has 5 heteroatoms. The summed E-state index contributed by atoms with van der Waals surface area (Å²) in [6.07, 6.45) is 0. The van der Waals surface area contributed by atoms with E-state index in [9.17, 15) is 0 Å². The van der Waals surface area contributed by atoms with E-state index in [0.29, 0.717) is 12.1 Å². The number of nitrogens with zero attached hydrogens (tertiary/aromatic N) is 2. The molecule has 2 unspecified atom stereocenters. The highest BCUT2D eigenvalue weighted by atomic mass is 35.5. The highest BCUT2D eigenvalue weighted by Gasteiger charge is 2.22. The van der Waals surface area contributed by atoms with Crippen molar-refractivity contribution in [3.8, 4) is 11.3 Å². The van der Waals surface area contributed by atoms with E-state index < -0.39 is 0 Å². The van der Waals surface area contributed by atoms with Crippen molar-refractivity contribution in [3.63, 3.8) is 0 Å². The average Bonchev–Trinajstić information content (AvgIpc) is 2.87. The van der Waals surface area contributed by atoms with Gasteiger partial charge >= 0.3 is 0 Å².